The summed E-state index contributed by atoms with van der Waals surface area (Å²) in [4.78, 5) is 2.35. The number of unbranched alkanes of at least 4 members (excludes halogenated alkanes) is 3. The highest BCUT2D eigenvalue weighted by atomic mass is 15.2. The number of hydrazine groups is 1. The molecule has 0 aliphatic carbocycles. The molecule has 0 unspecified atom stereocenters. The van der Waals surface area contributed by atoms with Gasteiger partial charge in [0.15, 0.2) is 0 Å². The first-order valence-electron chi connectivity index (χ1n) is 4.93. The smallest absolute Gasteiger partial charge is 0.00974 e. The van der Waals surface area contributed by atoms with Crippen LogP contribution in [0.25, 0.3) is 0 Å². The standard InChI is InChI=1S/C9H23N3/c1-3-12(2)9-7-5-4-6-8-11-10/h11H,3-10H2,1-2H3. The van der Waals surface area contributed by atoms with Crippen molar-refractivity contribution in [3.8, 4) is 0 Å². The number of hydrogen-bond donors (Lipinski definition) is 2. The second-order valence-electron chi connectivity index (χ2n) is 3.26. The molecule has 0 atom stereocenters. The van der Waals surface area contributed by atoms with Crippen molar-refractivity contribution in [3.05, 3.63) is 0 Å². The first kappa shape index (κ1) is 11.9. The Hall–Kier alpha value is -0.120. The summed E-state index contributed by atoms with van der Waals surface area (Å²) < 4.78 is 0. The second-order valence-corrected chi connectivity index (χ2v) is 3.26. The zero-order chi connectivity index (χ0) is 9.23. The van der Waals surface area contributed by atoms with E-state index in [9.17, 15) is 0 Å². The van der Waals surface area contributed by atoms with Gasteiger partial charge in [0.2, 0.25) is 0 Å². The van der Waals surface area contributed by atoms with Crippen LogP contribution < -0.4 is 11.3 Å². The molecular formula is C9H23N3. The lowest BCUT2D eigenvalue weighted by Gasteiger charge is -2.12. The molecule has 0 saturated carbocycles. The van der Waals surface area contributed by atoms with Crippen LogP contribution in [-0.4, -0.2) is 31.6 Å². The Balaban J connectivity index is 2.90. The van der Waals surface area contributed by atoms with E-state index in [4.69, 9.17) is 5.84 Å². The SMILES string of the molecule is CCN(C)CCCCCCNN. The zero-order valence-electron chi connectivity index (χ0n) is 8.47. The molecular weight excluding hydrogens is 150 g/mol. The number of nitrogens with one attached hydrogen (secondary N) is 1. The van der Waals surface area contributed by atoms with Crippen LogP contribution >= 0.6 is 0 Å². The highest BCUT2D eigenvalue weighted by molar-refractivity contribution is 4.49. The average Bonchev–Trinajstić information content (AvgIpc) is 2.10. The summed E-state index contributed by atoms with van der Waals surface area (Å²) in [5.41, 5.74) is 2.67. The summed E-state index contributed by atoms with van der Waals surface area (Å²) >= 11 is 0. The number of nitrogens with zero attached hydrogens (tertiary/aromatic N) is 1. The first-order valence-corrected chi connectivity index (χ1v) is 4.93. The van der Waals surface area contributed by atoms with Crippen LogP contribution in [0, 0.1) is 0 Å². The van der Waals surface area contributed by atoms with Gasteiger partial charge in [-0.1, -0.05) is 19.8 Å². The predicted octanol–water partition coefficient (Wildman–Crippen LogP) is 0.962. The lowest BCUT2D eigenvalue weighted by Crippen LogP contribution is -2.22. The van der Waals surface area contributed by atoms with Gasteiger partial charge in [-0.25, -0.2) is 0 Å². The lowest BCUT2D eigenvalue weighted by atomic mass is 10.2. The largest absolute Gasteiger partial charge is 0.307 e. The van der Waals surface area contributed by atoms with Crippen molar-refractivity contribution in [1.29, 1.82) is 0 Å². The monoisotopic (exact) mass is 173 g/mol. The van der Waals surface area contributed by atoms with Crippen molar-refractivity contribution >= 4 is 0 Å². The molecule has 0 radical (unpaired) electrons. The maximum absolute atomic E-state index is 5.15. The Morgan fingerprint density at radius 1 is 1.17 bits per heavy atom. The molecule has 3 heteroatoms. The molecule has 0 aromatic heterocycles. The maximum atomic E-state index is 5.15. The topological polar surface area (TPSA) is 41.3 Å². The molecule has 3 N–H and O–H groups in total. The summed E-state index contributed by atoms with van der Waals surface area (Å²) in [6, 6.07) is 0. The van der Waals surface area contributed by atoms with Crippen molar-refractivity contribution in [2.24, 2.45) is 5.84 Å². The molecule has 0 aromatic carbocycles. The van der Waals surface area contributed by atoms with E-state index in [-0.39, 0.29) is 0 Å². The van der Waals surface area contributed by atoms with Gasteiger partial charge in [-0.2, -0.15) is 0 Å². The van der Waals surface area contributed by atoms with Crippen LogP contribution in [0.1, 0.15) is 32.6 Å². The van der Waals surface area contributed by atoms with Crippen molar-refractivity contribution in [2.45, 2.75) is 32.6 Å². The van der Waals surface area contributed by atoms with E-state index in [0.717, 1.165) is 13.1 Å². The van der Waals surface area contributed by atoms with E-state index >= 15 is 0 Å². The predicted molar refractivity (Wildman–Crippen MR) is 53.8 cm³/mol. The molecule has 0 fully saturated rings. The van der Waals surface area contributed by atoms with Crippen molar-refractivity contribution < 1.29 is 0 Å². The van der Waals surface area contributed by atoms with Crippen molar-refractivity contribution in [3.63, 3.8) is 0 Å². The van der Waals surface area contributed by atoms with Crippen LogP contribution in [-0.2, 0) is 0 Å². The van der Waals surface area contributed by atoms with E-state index in [1.54, 1.807) is 0 Å². The zero-order valence-corrected chi connectivity index (χ0v) is 8.47. The summed E-state index contributed by atoms with van der Waals surface area (Å²) in [5, 5.41) is 0. The maximum Gasteiger partial charge on any atom is 0.00974 e. The lowest BCUT2D eigenvalue weighted by molar-refractivity contribution is 0.341. The minimum Gasteiger partial charge on any atom is -0.307 e. The normalized spacial score (nSPS) is 11.0. The van der Waals surface area contributed by atoms with Crippen LogP contribution in [0.2, 0.25) is 0 Å². The van der Waals surface area contributed by atoms with Gasteiger partial charge in [0.05, 0.1) is 0 Å². The molecule has 0 bridgehead atoms. The third kappa shape index (κ3) is 7.98. The fourth-order valence-electron chi connectivity index (χ4n) is 1.12. The Labute approximate surface area is 76.3 Å². The van der Waals surface area contributed by atoms with E-state index < -0.39 is 0 Å². The van der Waals surface area contributed by atoms with Gasteiger partial charge >= 0.3 is 0 Å². The summed E-state index contributed by atoms with van der Waals surface area (Å²) in [7, 11) is 2.17. The average molecular weight is 173 g/mol. The van der Waals surface area contributed by atoms with Gasteiger partial charge in [-0.15, -0.1) is 0 Å². The van der Waals surface area contributed by atoms with E-state index in [2.05, 4.69) is 24.3 Å². The molecule has 0 heterocycles. The second kappa shape index (κ2) is 8.97. The highest BCUT2D eigenvalue weighted by Crippen LogP contribution is 1.99. The van der Waals surface area contributed by atoms with Crippen LogP contribution in [0.3, 0.4) is 0 Å². The minimum atomic E-state index is 0.948. The van der Waals surface area contributed by atoms with Crippen LogP contribution in [0.15, 0.2) is 0 Å². The molecule has 0 aromatic rings. The summed E-state index contributed by atoms with van der Waals surface area (Å²) in [6.45, 7) is 5.53. The van der Waals surface area contributed by atoms with E-state index in [1.165, 1.54) is 32.2 Å². The fraction of sp³-hybridized carbons (Fsp3) is 1.00. The summed E-state index contributed by atoms with van der Waals surface area (Å²) in [5.74, 6) is 5.15. The Morgan fingerprint density at radius 2 is 1.83 bits per heavy atom. The highest BCUT2D eigenvalue weighted by Gasteiger charge is 1.93. The Kier molecular flexibility index (Phi) is 8.88. The van der Waals surface area contributed by atoms with Crippen LogP contribution in [0.4, 0.5) is 0 Å². The molecule has 0 aliphatic heterocycles. The van der Waals surface area contributed by atoms with E-state index in [0.29, 0.717) is 0 Å². The molecule has 0 amide bonds. The quantitative estimate of drug-likeness (QED) is 0.326. The van der Waals surface area contributed by atoms with Gasteiger partial charge in [-0.3, -0.25) is 11.3 Å². The number of nitrogens with two attached hydrogens (primary N) is 1. The third-order valence-electron chi connectivity index (χ3n) is 2.15. The molecule has 74 valence electrons. The van der Waals surface area contributed by atoms with Crippen molar-refractivity contribution in [2.75, 3.05) is 26.7 Å². The van der Waals surface area contributed by atoms with Crippen LogP contribution in [0.5, 0.6) is 0 Å². The van der Waals surface area contributed by atoms with Gasteiger partial charge in [0.25, 0.3) is 0 Å². The molecule has 12 heavy (non-hydrogen) atoms. The number of rotatable bonds is 8. The molecule has 0 rings (SSSR count). The van der Waals surface area contributed by atoms with Gasteiger partial charge < -0.3 is 4.90 Å². The van der Waals surface area contributed by atoms with Gasteiger partial charge in [0, 0.05) is 6.54 Å². The van der Waals surface area contributed by atoms with E-state index in [1.807, 2.05) is 0 Å². The molecule has 0 aliphatic rings. The molecule has 3 nitrogen and oxygen atoms in total. The van der Waals surface area contributed by atoms with Crippen molar-refractivity contribution in [1.82, 2.24) is 10.3 Å². The molecule has 0 spiro atoms. The van der Waals surface area contributed by atoms with Gasteiger partial charge in [0.1, 0.15) is 0 Å². The Morgan fingerprint density at radius 3 is 2.42 bits per heavy atom. The van der Waals surface area contributed by atoms with Gasteiger partial charge in [-0.05, 0) is 33.0 Å². The molecule has 0 saturated heterocycles. The number of hydrogen-bond acceptors (Lipinski definition) is 3. The minimum absolute atomic E-state index is 0.948. The third-order valence-corrected chi connectivity index (χ3v) is 2.15. The first-order chi connectivity index (χ1) is 5.81. The summed E-state index contributed by atoms with van der Waals surface area (Å²) in [6.07, 6.45) is 5.13. The Bertz CT molecular complexity index is 85.8. The fourth-order valence-corrected chi connectivity index (χ4v) is 1.12.